The number of amides is 1. The van der Waals surface area contributed by atoms with E-state index in [0.29, 0.717) is 11.3 Å². The van der Waals surface area contributed by atoms with Gasteiger partial charge in [-0.2, -0.15) is 8.78 Å². The number of nitrogens with two attached hydrogens (primary N) is 1. The van der Waals surface area contributed by atoms with Gasteiger partial charge in [0, 0.05) is 33.4 Å². The minimum Gasteiger partial charge on any atom is -0.487 e. The molecule has 8 nitrogen and oxygen atoms in total. The number of rotatable bonds is 7. The maximum atomic E-state index is 14.5. The monoisotopic (exact) mass is 569 g/mol. The molecule has 2 aromatic heterocycles. The molecule has 176 valence electrons. The Morgan fingerprint density at radius 2 is 1.79 bits per heavy atom. The number of hydrogen-bond acceptors (Lipinski definition) is 6. The van der Waals surface area contributed by atoms with E-state index in [2.05, 4.69) is 25.9 Å². The predicted octanol–water partition coefficient (Wildman–Crippen LogP) is 5.03. The summed E-state index contributed by atoms with van der Waals surface area (Å²) in [5.41, 5.74) is 3.39. The minimum atomic E-state index is -5.81. The number of thiophene rings is 1. The van der Waals surface area contributed by atoms with Crippen LogP contribution in [0.1, 0.15) is 20.8 Å². The summed E-state index contributed by atoms with van der Waals surface area (Å²) >= 11 is 3.45. The smallest absolute Gasteiger partial charge is 0.400 e. The van der Waals surface area contributed by atoms with Crippen molar-refractivity contribution in [2.75, 3.05) is 0 Å². The molecular weight excluding hydrogens is 555 g/mol. The minimum absolute atomic E-state index is 0.00790. The summed E-state index contributed by atoms with van der Waals surface area (Å²) in [5, 5.41) is 0.124. The van der Waals surface area contributed by atoms with Gasteiger partial charge in [0.05, 0.1) is 4.70 Å². The largest absolute Gasteiger partial charge is 0.487 e. The predicted molar refractivity (Wildman–Crippen MR) is 126 cm³/mol. The molecule has 0 aliphatic rings. The molecule has 0 spiro atoms. The summed E-state index contributed by atoms with van der Waals surface area (Å²) in [6, 6.07) is 9.86. The topological polar surface area (TPSA) is 136 Å². The van der Waals surface area contributed by atoms with Gasteiger partial charge in [0.25, 0.3) is 0 Å². The number of nitrogens with zero attached hydrogens (tertiary/aromatic N) is 2. The summed E-state index contributed by atoms with van der Waals surface area (Å²) < 4.78 is 46.1. The molecule has 0 unspecified atom stereocenters. The van der Waals surface area contributed by atoms with Crippen molar-refractivity contribution in [1.82, 2.24) is 9.97 Å². The number of carbonyl (C=O) groups is 1. The lowest BCUT2D eigenvalue weighted by atomic mass is 10.1. The van der Waals surface area contributed by atoms with Crippen molar-refractivity contribution < 1.29 is 32.7 Å². The average Bonchev–Trinajstić information content (AvgIpc) is 3.15. The van der Waals surface area contributed by atoms with Crippen LogP contribution < -0.4 is 10.5 Å². The van der Waals surface area contributed by atoms with Gasteiger partial charge >= 0.3 is 13.3 Å². The number of benzene rings is 2. The normalized spacial score (nSPS) is 12.1. The molecule has 0 saturated heterocycles. The summed E-state index contributed by atoms with van der Waals surface area (Å²) in [5.74, 6) is -0.743. The molecule has 34 heavy (non-hydrogen) atoms. The number of carbonyl (C=O) groups excluding carboxylic acids is 1. The first kappa shape index (κ1) is 24.4. The van der Waals surface area contributed by atoms with E-state index in [1.165, 1.54) is 18.5 Å². The van der Waals surface area contributed by atoms with E-state index >= 15 is 0 Å². The third-order valence-electron chi connectivity index (χ3n) is 4.86. The first-order valence-electron chi connectivity index (χ1n) is 9.46. The molecule has 4 rings (SSSR count). The molecule has 0 saturated carbocycles. The highest BCUT2D eigenvalue weighted by molar-refractivity contribution is 9.10. The van der Waals surface area contributed by atoms with Gasteiger partial charge in [-0.15, -0.1) is 11.3 Å². The lowest BCUT2D eigenvalue weighted by Crippen LogP contribution is -2.12. The molecule has 0 aliphatic carbocycles. The first-order valence-corrected chi connectivity index (χ1v) is 12.7. The third-order valence-corrected chi connectivity index (χ3v) is 8.34. The zero-order valence-electron chi connectivity index (χ0n) is 17.0. The Balaban J connectivity index is 1.70. The molecule has 0 bridgehead atoms. The molecule has 4 N–H and O–H groups in total. The van der Waals surface area contributed by atoms with E-state index in [9.17, 15) is 18.1 Å². The molecule has 13 heteroatoms. The Morgan fingerprint density at radius 1 is 1.15 bits per heavy atom. The van der Waals surface area contributed by atoms with Crippen molar-refractivity contribution in [3.63, 3.8) is 0 Å². The van der Waals surface area contributed by atoms with Gasteiger partial charge in [-0.3, -0.25) is 9.36 Å². The van der Waals surface area contributed by atoms with Crippen LogP contribution in [0, 0.1) is 0 Å². The van der Waals surface area contributed by atoms with E-state index in [0.717, 1.165) is 16.7 Å². The Bertz CT molecular complexity index is 1430. The average molecular weight is 570 g/mol. The zero-order chi connectivity index (χ0) is 24.7. The fraction of sp³-hybridized carbons (Fsp3) is 0.0952. The van der Waals surface area contributed by atoms with Crippen molar-refractivity contribution in [1.29, 1.82) is 0 Å². The highest BCUT2D eigenvalue weighted by Gasteiger charge is 2.53. The van der Waals surface area contributed by atoms with E-state index in [4.69, 9.17) is 20.3 Å². The second kappa shape index (κ2) is 9.12. The van der Waals surface area contributed by atoms with E-state index in [-0.39, 0.29) is 32.5 Å². The molecule has 0 aliphatic heterocycles. The van der Waals surface area contributed by atoms with Crippen molar-refractivity contribution in [3.8, 4) is 16.9 Å². The quantitative estimate of drug-likeness (QED) is 0.266. The summed E-state index contributed by atoms with van der Waals surface area (Å²) in [4.78, 5) is 37.2. The van der Waals surface area contributed by atoms with Gasteiger partial charge in [0.15, 0.2) is 0 Å². The molecule has 0 radical (unpaired) electrons. The highest BCUT2D eigenvalue weighted by Crippen LogP contribution is 2.63. The number of ether oxygens (including phenoxy) is 1. The number of primary amides is 1. The van der Waals surface area contributed by atoms with Gasteiger partial charge in [-0.05, 0) is 39.2 Å². The van der Waals surface area contributed by atoms with Gasteiger partial charge in [-0.25, -0.2) is 9.97 Å². The van der Waals surface area contributed by atoms with E-state index in [1.54, 1.807) is 24.5 Å². The number of fused-ring (bicyclic) bond motifs is 1. The van der Waals surface area contributed by atoms with Gasteiger partial charge < -0.3 is 20.3 Å². The highest BCUT2D eigenvalue weighted by atomic mass is 79.9. The van der Waals surface area contributed by atoms with Gasteiger partial charge in [0.2, 0.25) is 5.91 Å². The second-order valence-electron chi connectivity index (χ2n) is 7.16. The molecule has 2 aromatic carbocycles. The maximum Gasteiger partial charge on any atom is 0.400 e. The molecule has 0 atom stereocenters. The fourth-order valence-corrected chi connectivity index (χ4v) is 6.09. The molecule has 1 amide bonds. The van der Waals surface area contributed by atoms with Crippen molar-refractivity contribution in [3.05, 3.63) is 75.6 Å². The maximum absolute atomic E-state index is 14.5. The summed E-state index contributed by atoms with van der Waals surface area (Å²) in [6.45, 7) is 0.0304. The lowest BCUT2D eigenvalue weighted by molar-refractivity contribution is 0.0595. The molecular formula is C21H15BrF2N3O5PS. The van der Waals surface area contributed by atoms with Crippen LogP contribution in [0.4, 0.5) is 8.78 Å². The molecule has 0 fully saturated rings. The van der Waals surface area contributed by atoms with E-state index < -0.39 is 24.0 Å². The Morgan fingerprint density at radius 3 is 2.38 bits per heavy atom. The Labute approximate surface area is 203 Å². The van der Waals surface area contributed by atoms with Crippen LogP contribution in [-0.2, 0) is 16.8 Å². The van der Waals surface area contributed by atoms with Crippen LogP contribution in [0.25, 0.3) is 21.2 Å². The Hall–Kier alpha value is -2.76. The zero-order valence-corrected chi connectivity index (χ0v) is 20.3. The van der Waals surface area contributed by atoms with Crippen molar-refractivity contribution in [2.24, 2.45) is 5.73 Å². The second-order valence-corrected chi connectivity index (χ2v) is 10.6. The fourth-order valence-electron chi connectivity index (χ4n) is 3.12. The molecule has 2 heterocycles. The number of alkyl halides is 2. The SMILES string of the molecule is NC(=O)c1cc(OCc2ccc(-c3cncnc3)cc2)c2sc(C(F)(F)P(=O)(O)O)c(Br)c2c1. The van der Waals surface area contributed by atoms with E-state index in [1.807, 2.05) is 12.1 Å². The lowest BCUT2D eigenvalue weighted by Gasteiger charge is -2.16. The first-order chi connectivity index (χ1) is 16.0. The standard InChI is InChI=1S/C21H15BrF2N3O5PS/c22-17-15-5-13(20(25)28)6-16(18(15)34-19(17)21(23,24)33(29,30)31)32-9-11-1-3-12(4-2-11)14-7-26-10-27-8-14/h1-8,10H,9H2,(H2,25,28)(H2,29,30,31). The van der Waals surface area contributed by atoms with Crippen LogP contribution in [0.3, 0.4) is 0 Å². The summed E-state index contributed by atoms with van der Waals surface area (Å²) in [7, 11) is -5.81. The third kappa shape index (κ3) is 4.59. The van der Waals surface area contributed by atoms with Crippen molar-refractivity contribution >= 4 is 50.9 Å². The van der Waals surface area contributed by atoms with Crippen molar-refractivity contribution in [2.45, 2.75) is 12.3 Å². The van der Waals surface area contributed by atoms with Crippen LogP contribution in [-0.4, -0.2) is 25.7 Å². The van der Waals surface area contributed by atoms with Crippen LogP contribution in [0.5, 0.6) is 5.75 Å². The van der Waals surface area contributed by atoms with Crippen LogP contribution >= 0.6 is 34.9 Å². The Kier molecular flexibility index (Phi) is 6.54. The molecule has 4 aromatic rings. The summed E-state index contributed by atoms with van der Waals surface area (Å²) in [6.07, 6.45) is 4.77. The van der Waals surface area contributed by atoms with Crippen LogP contribution in [0.15, 0.2) is 59.6 Å². The number of halogens is 3. The van der Waals surface area contributed by atoms with Crippen LogP contribution in [0.2, 0.25) is 0 Å². The number of aromatic nitrogens is 2. The van der Waals surface area contributed by atoms with Gasteiger partial charge in [0.1, 0.15) is 23.6 Å². The van der Waals surface area contributed by atoms with Gasteiger partial charge in [-0.1, -0.05) is 24.3 Å². The number of hydrogen-bond donors (Lipinski definition) is 3.